The molecule has 11 nitrogen and oxygen atoms in total. The molecule has 2 amide bonds. The number of nitrogens with one attached hydrogen (secondary N) is 2. The molecule has 2 N–H and O–H groups in total. The molecule has 2 aromatic carbocycles. The van der Waals surface area contributed by atoms with E-state index in [2.05, 4.69) is 15.5 Å². The number of methoxy groups -OCH3 is 1. The number of rotatable bonds is 6. The third kappa shape index (κ3) is 5.10. The molecule has 0 saturated carbocycles. The lowest BCUT2D eigenvalue weighted by Gasteiger charge is -2.50. The van der Waals surface area contributed by atoms with Crippen molar-refractivity contribution in [2.75, 3.05) is 25.5 Å². The smallest absolute Gasteiger partial charge is 0.330 e. The third-order valence-electron chi connectivity index (χ3n) is 9.91. The molecule has 1 aliphatic carbocycles. The fourth-order valence-electron chi connectivity index (χ4n) is 7.42. The van der Waals surface area contributed by atoms with E-state index in [0.717, 1.165) is 52.6 Å². The van der Waals surface area contributed by atoms with Crippen molar-refractivity contribution < 1.29 is 18.7 Å². The molecule has 2 aliphatic heterocycles. The fourth-order valence-corrected chi connectivity index (χ4v) is 7.74. The minimum atomic E-state index is -0.744. The largest absolute Gasteiger partial charge is 0.481 e. The minimum absolute atomic E-state index is 0.115. The summed E-state index contributed by atoms with van der Waals surface area (Å²) in [4.78, 5) is 57.0. The van der Waals surface area contributed by atoms with Gasteiger partial charge in [0.1, 0.15) is 11.4 Å². The SMILES string of the molecule is COc1nc(-c2cccc(-c3c(F)ccc(NC(=O)c4cn(C)c(=O)n(C)c4=O)c3C)c2Cl)cc2c1[C@@H](N1CC3(CCC(=O)N3)C1)CC2. The van der Waals surface area contributed by atoms with Crippen LogP contribution in [0, 0.1) is 12.7 Å². The van der Waals surface area contributed by atoms with Gasteiger partial charge in [0.15, 0.2) is 0 Å². The summed E-state index contributed by atoms with van der Waals surface area (Å²) in [6.45, 7) is 3.26. The topological polar surface area (TPSA) is 128 Å². The first-order valence-corrected chi connectivity index (χ1v) is 16.1. The Kier molecular flexibility index (Phi) is 7.75. The summed E-state index contributed by atoms with van der Waals surface area (Å²) in [5.74, 6) is -0.652. The summed E-state index contributed by atoms with van der Waals surface area (Å²) in [5, 5.41) is 6.13. The van der Waals surface area contributed by atoms with Crippen LogP contribution in [0.1, 0.15) is 52.4 Å². The second kappa shape index (κ2) is 11.7. The number of hydrogen-bond donors (Lipinski definition) is 2. The van der Waals surface area contributed by atoms with Crippen LogP contribution in [0.4, 0.5) is 10.1 Å². The van der Waals surface area contributed by atoms with E-state index in [0.29, 0.717) is 34.7 Å². The van der Waals surface area contributed by atoms with Gasteiger partial charge in [-0.05, 0) is 55.5 Å². The molecule has 2 aromatic heterocycles. The number of carbonyl (C=O) groups excluding carboxylic acids is 2. The number of hydrogen-bond acceptors (Lipinski definition) is 7. The summed E-state index contributed by atoms with van der Waals surface area (Å²) in [7, 11) is 4.33. The van der Waals surface area contributed by atoms with Crippen LogP contribution >= 0.6 is 11.6 Å². The van der Waals surface area contributed by atoms with Crippen molar-refractivity contribution in [2.24, 2.45) is 14.1 Å². The monoisotopic (exact) mass is 672 g/mol. The number of nitrogens with zero attached hydrogens (tertiary/aromatic N) is 4. The van der Waals surface area contributed by atoms with Crippen LogP contribution in [0.3, 0.4) is 0 Å². The first kappa shape index (κ1) is 31.8. The van der Waals surface area contributed by atoms with E-state index in [1.807, 2.05) is 12.1 Å². The van der Waals surface area contributed by atoms with E-state index < -0.39 is 23.0 Å². The number of pyridine rings is 1. The highest BCUT2D eigenvalue weighted by Crippen LogP contribution is 2.48. The van der Waals surface area contributed by atoms with Crippen LogP contribution in [0.5, 0.6) is 5.88 Å². The molecular weight excluding hydrogens is 639 g/mol. The van der Waals surface area contributed by atoms with Crippen LogP contribution < -0.4 is 26.6 Å². The molecule has 4 heterocycles. The van der Waals surface area contributed by atoms with Crippen molar-refractivity contribution in [2.45, 2.75) is 44.2 Å². The van der Waals surface area contributed by atoms with Crippen LogP contribution in [-0.4, -0.2) is 56.6 Å². The van der Waals surface area contributed by atoms with Gasteiger partial charge < -0.3 is 19.9 Å². The van der Waals surface area contributed by atoms with Crippen LogP contribution in [-0.2, 0) is 25.3 Å². The van der Waals surface area contributed by atoms with Gasteiger partial charge in [-0.15, -0.1) is 0 Å². The minimum Gasteiger partial charge on any atom is -0.481 e. The van der Waals surface area contributed by atoms with Crippen molar-refractivity contribution in [3.8, 4) is 28.3 Å². The number of ether oxygens (including phenoxy) is 1. The van der Waals surface area contributed by atoms with E-state index in [1.165, 1.54) is 32.4 Å². The van der Waals surface area contributed by atoms with Crippen molar-refractivity contribution in [1.29, 1.82) is 0 Å². The van der Waals surface area contributed by atoms with E-state index in [9.17, 15) is 19.2 Å². The van der Waals surface area contributed by atoms with Crippen LogP contribution in [0.15, 0.2) is 52.2 Å². The molecule has 48 heavy (non-hydrogen) atoms. The van der Waals surface area contributed by atoms with E-state index in [-0.39, 0.29) is 39.3 Å². The second-order valence-corrected chi connectivity index (χ2v) is 13.3. The molecule has 1 atom stereocenters. The number of benzene rings is 2. The number of carbonyl (C=O) groups is 2. The summed E-state index contributed by atoms with van der Waals surface area (Å²) in [6, 6.07) is 10.1. The predicted molar refractivity (Wildman–Crippen MR) is 179 cm³/mol. The standard InChI is InChI=1S/C35H34ClFN6O5/c1-18-24(38-31(45)22-15-41(2)34(47)42(3)33(22)46)10-9-23(37)28(18)21-7-5-6-20(30(21)36)25-14-19-8-11-26(29(19)32(39-25)48-4)43-16-35(17-43)13-12-27(44)40-35/h5-7,9-10,14-15,26H,8,11-13,16-17H2,1-4H3,(H,38,45)(H,40,44)/t26-/m0/s1. The lowest BCUT2D eigenvalue weighted by molar-refractivity contribution is -0.121. The van der Waals surface area contributed by atoms with Gasteiger partial charge in [-0.25, -0.2) is 14.2 Å². The maximum Gasteiger partial charge on any atom is 0.330 e. The zero-order chi connectivity index (χ0) is 34.1. The Morgan fingerprint density at radius 1 is 1.12 bits per heavy atom. The molecule has 248 valence electrons. The number of fused-ring (bicyclic) bond motifs is 1. The number of amides is 2. The highest BCUT2D eigenvalue weighted by Gasteiger charge is 2.51. The lowest BCUT2D eigenvalue weighted by atomic mass is 9.86. The number of aryl methyl sites for hydroxylation is 2. The van der Waals surface area contributed by atoms with E-state index >= 15 is 4.39 Å². The Labute approximate surface area is 280 Å². The Balaban J connectivity index is 1.21. The summed E-state index contributed by atoms with van der Waals surface area (Å²) < 4.78 is 23.4. The van der Waals surface area contributed by atoms with Crippen LogP contribution in [0.2, 0.25) is 5.02 Å². The normalized spacial score (nSPS) is 18.0. The van der Waals surface area contributed by atoms with Crippen molar-refractivity contribution in [1.82, 2.24) is 24.3 Å². The zero-order valence-electron chi connectivity index (χ0n) is 26.9. The summed E-state index contributed by atoms with van der Waals surface area (Å²) >= 11 is 7.03. The predicted octanol–water partition coefficient (Wildman–Crippen LogP) is 4.13. The Hall–Kier alpha value is -4.81. The van der Waals surface area contributed by atoms with Gasteiger partial charge in [0.2, 0.25) is 11.8 Å². The molecule has 2 saturated heterocycles. The van der Waals surface area contributed by atoms with Gasteiger partial charge in [0.05, 0.1) is 23.4 Å². The molecule has 13 heteroatoms. The molecule has 4 aromatic rings. The summed E-state index contributed by atoms with van der Waals surface area (Å²) in [5.41, 5.74) is 2.95. The number of halogens is 2. The van der Waals surface area contributed by atoms with E-state index in [4.69, 9.17) is 21.3 Å². The van der Waals surface area contributed by atoms with Crippen molar-refractivity contribution >= 4 is 29.1 Å². The highest BCUT2D eigenvalue weighted by atomic mass is 35.5. The Morgan fingerprint density at radius 3 is 2.58 bits per heavy atom. The average Bonchev–Trinajstić information content (AvgIpc) is 3.66. The van der Waals surface area contributed by atoms with Gasteiger partial charge in [0, 0.05) is 73.8 Å². The number of aromatic nitrogens is 3. The zero-order valence-corrected chi connectivity index (χ0v) is 27.7. The first-order valence-electron chi connectivity index (χ1n) is 15.7. The second-order valence-electron chi connectivity index (χ2n) is 12.9. The number of likely N-dealkylation sites (tertiary alicyclic amines) is 1. The molecule has 2 fully saturated rings. The third-order valence-corrected chi connectivity index (χ3v) is 10.3. The van der Waals surface area contributed by atoms with Crippen molar-refractivity contribution in [3.05, 3.63) is 96.5 Å². The molecule has 0 unspecified atom stereocenters. The van der Waals surface area contributed by atoms with E-state index in [1.54, 1.807) is 26.2 Å². The number of anilines is 1. The average molecular weight is 673 g/mol. The molecule has 1 spiro atoms. The quantitative estimate of drug-likeness (QED) is 0.315. The Bertz CT molecular complexity index is 2150. The van der Waals surface area contributed by atoms with Crippen LogP contribution in [0.25, 0.3) is 22.4 Å². The molecule has 0 bridgehead atoms. The van der Waals surface area contributed by atoms with Gasteiger partial charge >= 0.3 is 5.69 Å². The summed E-state index contributed by atoms with van der Waals surface area (Å²) in [6.07, 6.45) is 4.34. The fraction of sp³-hybridized carbons (Fsp3) is 0.343. The lowest BCUT2D eigenvalue weighted by Crippen LogP contribution is -2.67. The maximum atomic E-state index is 15.6. The van der Waals surface area contributed by atoms with Gasteiger partial charge in [-0.3, -0.25) is 23.9 Å². The van der Waals surface area contributed by atoms with Crippen molar-refractivity contribution in [3.63, 3.8) is 0 Å². The van der Waals surface area contributed by atoms with Gasteiger partial charge in [-0.1, -0.05) is 29.8 Å². The van der Waals surface area contributed by atoms with Gasteiger partial charge in [0.25, 0.3) is 11.5 Å². The molecule has 7 rings (SSSR count). The molecule has 3 aliphatic rings. The molecular formula is C35H34ClFN6O5. The maximum absolute atomic E-state index is 15.6. The highest BCUT2D eigenvalue weighted by molar-refractivity contribution is 6.36. The molecule has 0 radical (unpaired) electrons. The Morgan fingerprint density at radius 2 is 1.88 bits per heavy atom. The first-order chi connectivity index (χ1) is 22.9. The van der Waals surface area contributed by atoms with Gasteiger partial charge in [-0.2, -0.15) is 0 Å².